The minimum Gasteiger partial charge on any atom is -0.456 e. The van der Waals surface area contributed by atoms with Gasteiger partial charge in [-0.1, -0.05) is 103 Å². The molecule has 2 heterocycles. The molecule has 3 aliphatic carbocycles. The lowest BCUT2D eigenvalue weighted by Crippen LogP contribution is -2.45. The Hall–Kier alpha value is -5.67. The fraction of sp³-hybridized carbons (Fsp3) is 0.133. The van der Waals surface area contributed by atoms with Crippen LogP contribution >= 0.6 is 0 Å². The number of nitrogens with zero attached hydrogens (tertiary/aromatic N) is 2. The maximum Gasteiger partial charge on any atom is 0.136 e. The molecule has 48 heavy (non-hydrogen) atoms. The summed E-state index contributed by atoms with van der Waals surface area (Å²) in [5.74, 6) is 0.294. The average Bonchev–Trinajstić information content (AvgIpc) is 3.56. The van der Waals surface area contributed by atoms with Crippen molar-refractivity contribution in [3.8, 4) is 22.3 Å². The smallest absolute Gasteiger partial charge is 0.136 e. The molecule has 0 N–H and O–H groups in total. The average molecular weight is 621 g/mol. The third-order valence-corrected chi connectivity index (χ3v) is 10.1. The molecule has 0 bridgehead atoms. The summed E-state index contributed by atoms with van der Waals surface area (Å²) in [5.41, 5.74) is 12.9. The van der Waals surface area contributed by atoms with Gasteiger partial charge in [0.15, 0.2) is 0 Å². The molecule has 0 amide bonds. The van der Waals surface area contributed by atoms with Gasteiger partial charge in [0.05, 0.1) is 6.04 Å². The zero-order chi connectivity index (χ0) is 31.9. The Labute approximate surface area is 281 Å². The van der Waals surface area contributed by atoms with E-state index in [1.165, 1.54) is 49.8 Å². The summed E-state index contributed by atoms with van der Waals surface area (Å²) in [7, 11) is 0. The van der Waals surface area contributed by atoms with Crippen molar-refractivity contribution in [2.75, 3.05) is 4.90 Å². The van der Waals surface area contributed by atoms with Gasteiger partial charge in [0.1, 0.15) is 11.0 Å². The standard InChI is InChI=1S/C45H36N2O/c1-3-11-31(12-4-1)33-20-24-36(25-21-33)47(37-26-22-34(23-27-37)32-13-5-2-6-14-32)41-29-43-45(40-17-8-7-16-39(40)41)44-38(18-9-19-42(44)48-43)35-15-10-28-46-30-35/h1,3-5,8-15,17-30,39,41H,2,6-7,16H2. The largest absolute Gasteiger partial charge is 0.456 e. The van der Waals surface area contributed by atoms with Crippen molar-refractivity contribution in [1.29, 1.82) is 0 Å². The van der Waals surface area contributed by atoms with Crippen LogP contribution in [0.3, 0.4) is 0 Å². The highest BCUT2D eigenvalue weighted by Crippen LogP contribution is 2.41. The summed E-state index contributed by atoms with van der Waals surface area (Å²) < 4.78 is 6.76. The third kappa shape index (κ3) is 5.03. The number of hydrogen-bond acceptors (Lipinski definition) is 3. The fourth-order valence-corrected chi connectivity index (χ4v) is 7.83. The molecule has 0 aliphatic heterocycles. The molecule has 3 nitrogen and oxygen atoms in total. The van der Waals surface area contributed by atoms with Gasteiger partial charge < -0.3 is 9.32 Å². The molecule has 0 radical (unpaired) electrons. The molecule has 3 heteroatoms. The number of allylic oxidation sites excluding steroid dienone is 6. The highest BCUT2D eigenvalue weighted by atomic mass is 16.3. The first-order chi connectivity index (χ1) is 23.8. The highest BCUT2D eigenvalue weighted by molar-refractivity contribution is 5.97. The first-order valence-electron chi connectivity index (χ1n) is 17.1. The second-order valence-electron chi connectivity index (χ2n) is 12.9. The molecule has 2 aromatic heterocycles. The van der Waals surface area contributed by atoms with Gasteiger partial charge in [-0.2, -0.15) is 0 Å². The number of rotatable bonds is 6. The number of fused-ring (bicyclic) bond motifs is 4. The Morgan fingerprint density at radius 2 is 1.40 bits per heavy atom. The molecule has 2 atom stereocenters. The number of hydrogen-bond donors (Lipinski definition) is 0. The molecule has 0 saturated heterocycles. The zero-order valence-electron chi connectivity index (χ0n) is 26.8. The SMILES string of the molecule is C1=CC(c2ccc(N(c3ccc(-c4ccccc4)cc3)C3C=c4oc5cccc(-c6cccnc6)c5c4=C4C=CCCC43)cc2)=CCC1. The van der Waals surface area contributed by atoms with E-state index in [-0.39, 0.29) is 6.04 Å². The molecule has 0 saturated carbocycles. The molecule has 6 aromatic rings. The van der Waals surface area contributed by atoms with Gasteiger partial charge in [0.2, 0.25) is 0 Å². The summed E-state index contributed by atoms with van der Waals surface area (Å²) in [6.07, 6.45) is 22.1. The van der Waals surface area contributed by atoms with Gasteiger partial charge in [-0.05, 0) is 102 Å². The van der Waals surface area contributed by atoms with E-state index >= 15 is 0 Å². The van der Waals surface area contributed by atoms with Crippen molar-refractivity contribution in [3.63, 3.8) is 0 Å². The van der Waals surface area contributed by atoms with Gasteiger partial charge in [-0.25, -0.2) is 0 Å². The fourth-order valence-electron chi connectivity index (χ4n) is 7.83. The van der Waals surface area contributed by atoms with Gasteiger partial charge in [0, 0.05) is 45.9 Å². The van der Waals surface area contributed by atoms with Crippen molar-refractivity contribution in [2.24, 2.45) is 5.92 Å². The summed E-state index contributed by atoms with van der Waals surface area (Å²) in [6.45, 7) is 0. The molecule has 4 aromatic carbocycles. The van der Waals surface area contributed by atoms with Crippen LogP contribution in [0.15, 0.2) is 156 Å². The van der Waals surface area contributed by atoms with Crippen molar-refractivity contribution >= 4 is 39.6 Å². The normalized spacial score (nSPS) is 18.2. The summed E-state index contributed by atoms with van der Waals surface area (Å²) in [5, 5.41) is 2.41. The Bertz CT molecular complexity index is 2330. The van der Waals surface area contributed by atoms with Crippen LogP contribution in [0.1, 0.15) is 31.2 Å². The highest BCUT2D eigenvalue weighted by Gasteiger charge is 2.35. The van der Waals surface area contributed by atoms with Crippen molar-refractivity contribution in [3.05, 3.63) is 168 Å². The molecule has 0 spiro atoms. The van der Waals surface area contributed by atoms with Gasteiger partial charge in [-0.3, -0.25) is 4.98 Å². The van der Waals surface area contributed by atoms with Crippen LogP contribution in [0.5, 0.6) is 0 Å². The van der Waals surface area contributed by atoms with Gasteiger partial charge in [-0.15, -0.1) is 0 Å². The zero-order valence-corrected chi connectivity index (χ0v) is 26.8. The van der Waals surface area contributed by atoms with Crippen LogP contribution in [-0.4, -0.2) is 11.0 Å². The van der Waals surface area contributed by atoms with Crippen molar-refractivity contribution < 1.29 is 4.42 Å². The topological polar surface area (TPSA) is 29.3 Å². The minimum atomic E-state index is 0.0714. The lowest BCUT2D eigenvalue weighted by molar-refractivity contribution is 0.519. The van der Waals surface area contributed by atoms with Crippen LogP contribution in [0.2, 0.25) is 0 Å². The Morgan fingerprint density at radius 3 is 2.15 bits per heavy atom. The van der Waals surface area contributed by atoms with Crippen molar-refractivity contribution in [1.82, 2.24) is 4.98 Å². The molecule has 9 rings (SSSR count). The number of pyridine rings is 1. The third-order valence-electron chi connectivity index (χ3n) is 10.1. The Kier molecular flexibility index (Phi) is 7.24. The first-order valence-corrected chi connectivity index (χ1v) is 17.1. The summed E-state index contributed by atoms with van der Waals surface area (Å²) >= 11 is 0. The van der Waals surface area contributed by atoms with Gasteiger partial charge >= 0.3 is 0 Å². The second-order valence-corrected chi connectivity index (χ2v) is 12.9. The van der Waals surface area contributed by atoms with E-state index < -0.39 is 0 Å². The molecular weight excluding hydrogens is 585 g/mol. The second kappa shape index (κ2) is 12.2. The van der Waals surface area contributed by atoms with E-state index in [2.05, 4.69) is 149 Å². The number of benzene rings is 4. The van der Waals surface area contributed by atoms with Gasteiger partial charge in [0.25, 0.3) is 0 Å². The van der Waals surface area contributed by atoms with Crippen LogP contribution < -0.4 is 15.5 Å². The van der Waals surface area contributed by atoms with E-state index in [0.29, 0.717) is 5.92 Å². The maximum absolute atomic E-state index is 6.76. The first kappa shape index (κ1) is 28.5. The Balaban J connectivity index is 1.22. The molecule has 2 unspecified atom stereocenters. The van der Waals surface area contributed by atoms with Crippen LogP contribution in [0.25, 0.3) is 50.4 Å². The maximum atomic E-state index is 6.76. The molecule has 3 aliphatic rings. The van der Waals surface area contributed by atoms with E-state index in [0.717, 1.165) is 47.8 Å². The van der Waals surface area contributed by atoms with E-state index in [4.69, 9.17) is 4.42 Å². The number of furan rings is 1. The van der Waals surface area contributed by atoms with E-state index in [1.54, 1.807) is 0 Å². The molecular formula is C45H36N2O. The van der Waals surface area contributed by atoms with Crippen LogP contribution in [-0.2, 0) is 0 Å². The minimum absolute atomic E-state index is 0.0714. The van der Waals surface area contributed by atoms with Crippen LogP contribution in [0, 0.1) is 5.92 Å². The monoisotopic (exact) mass is 620 g/mol. The molecule has 0 fully saturated rings. The van der Waals surface area contributed by atoms with Crippen molar-refractivity contribution in [2.45, 2.75) is 31.7 Å². The lowest BCUT2D eigenvalue weighted by Gasteiger charge is -2.40. The van der Waals surface area contributed by atoms with Crippen LogP contribution in [0.4, 0.5) is 11.4 Å². The lowest BCUT2D eigenvalue weighted by atomic mass is 9.78. The summed E-state index contributed by atoms with van der Waals surface area (Å²) in [6, 6.07) is 39.5. The van der Waals surface area contributed by atoms with E-state index in [9.17, 15) is 0 Å². The van der Waals surface area contributed by atoms with E-state index in [1.807, 2.05) is 18.5 Å². The predicted octanol–water partition coefficient (Wildman–Crippen LogP) is 10.0. The Morgan fingerprint density at radius 1 is 0.646 bits per heavy atom. The summed E-state index contributed by atoms with van der Waals surface area (Å²) in [4.78, 5) is 6.97. The predicted molar refractivity (Wildman–Crippen MR) is 199 cm³/mol. The molecule has 232 valence electrons. The number of aromatic nitrogens is 1. The quantitative estimate of drug-likeness (QED) is 0.186. The number of anilines is 2.